The number of hydrogen-bond acceptors (Lipinski definition) is 3. The highest BCUT2D eigenvalue weighted by Crippen LogP contribution is 2.43. The van der Waals surface area contributed by atoms with Gasteiger partial charge in [0.25, 0.3) is 0 Å². The Morgan fingerprint density at radius 2 is 2.24 bits per heavy atom. The Labute approximate surface area is 103 Å². The van der Waals surface area contributed by atoms with E-state index in [2.05, 4.69) is 16.1 Å². The number of aryl methyl sites for hydroxylation is 1. The Kier molecular flexibility index (Phi) is 2.82. The smallest absolute Gasteiger partial charge is 0.126 e. The predicted octanol–water partition coefficient (Wildman–Crippen LogP) is 1.37. The highest BCUT2D eigenvalue weighted by molar-refractivity contribution is 5.41. The third-order valence-electron chi connectivity index (χ3n) is 4.31. The zero-order valence-corrected chi connectivity index (χ0v) is 10.5. The number of nitrogens with two attached hydrogens (primary N) is 1. The SMILES string of the molecule is Cn1nccc1N1CCC[C@H](CN)[C@H]1C1CC1. The van der Waals surface area contributed by atoms with Crippen LogP contribution in [0.25, 0.3) is 0 Å². The summed E-state index contributed by atoms with van der Waals surface area (Å²) < 4.78 is 1.99. The summed E-state index contributed by atoms with van der Waals surface area (Å²) >= 11 is 0. The molecule has 1 saturated carbocycles. The van der Waals surface area contributed by atoms with Gasteiger partial charge in [-0.1, -0.05) is 0 Å². The maximum atomic E-state index is 5.96. The molecule has 4 nitrogen and oxygen atoms in total. The van der Waals surface area contributed by atoms with Crippen LogP contribution in [0.5, 0.6) is 0 Å². The van der Waals surface area contributed by atoms with Crippen molar-refractivity contribution in [3.8, 4) is 0 Å². The molecular weight excluding hydrogens is 212 g/mol. The molecule has 0 bridgehead atoms. The van der Waals surface area contributed by atoms with Gasteiger partial charge in [-0.3, -0.25) is 4.68 Å². The predicted molar refractivity (Wildman–Crippen MR) is 68.8 cm³/mol. The van der Waals surface area contributed by atoms with Gasteiger partial charge in [-0.25, -0.2) is 0 Å². The molecule has 0 spiro atoms. The van der Waals surface area contributed by atoms with Gasteiger partial charge in [-0.15, -0.1) is 0 Å². The van der Waals surface area contributed by atoms with Crippen LogP contribution in [0.3, 0.4) is 0 Å². The van der Waals surface area contributed by atoms with Crippen molar-refractivity contribution < 1.29 is 0 Å². The molecule has 0 unspecified atom stereocenters. The summed E-state index contributed by atoms with van der Waals surface area (Å²) in [7, 11) is 2.03. The highest BCUT2D eigenvalue weighted by Gasteiger charge is 2.42. The fraction of sp³-hybridized carbons (Fsp3) is 0.769. The zero-order valence-electron chi connectivity index (χ0n) is 10.5. The molecule has 1 aromatic rings. The summed E-state index contributed by atoms with van der Waals surface area (Å²) in [5.41, 5.74) is 5.96. The van der Waals surface area contributed by atoms with Crippen LogP contribution in [0, 0.1) is 11.8 Å². The lowest BCUT2D eigenvalue weighted by Gasteiger charge is -2.42. The van der Waals surface area contributed by atoms with E-state index in [9.17, 15) is 0 Å². The molecule has 3 rings (SSSR count). The Hall–Kier alpha value is -1.03. The Morgan fingerprint density at radius 3 is 2.82 bits per heavy atom. The van der Waals surface area contributed by atoms with Crippen molar-refractivity contribution in [1.29, 1.82) is 0 Å². The van der Waals surface area contributed by atoms with Crippen LogP contribution in [-0.2, 0) is 7.05 Å². The summed E-state index contributed by atoms with van der Waals surface area (Å²) in [4.78, 5) is 2.56. The third-order valence-corrected chi connectivity index (χ3v) is 4.31. The van der Waals surface area contributed by atoms with Crippen molar-refractivity contribution >= 4 is 5.82 Å². The summed E-state index contributed by atoms with van der Waals surface area (Å²) in [6, 6.07) is 2.79. The van der Waals surface area contributed by atoms with E-state index >= 15 is 0 Å². The molecule has 0 aromatic carbocycles. The van der Waals surface area contributed by atoms with Gasteiger partial charge in [-0.05, 0) is 44.1 Å². The molecule has 2 fully saturated rings. The van der Waals surface area contributed by atoms with Crippen molar-refractivity contribution in [2.45, 2.75) is 31.7 Å². The average molecular weight is 234 g/mol. The lowest BCUT2D eigenvalue weighted by atomic mass is 9.86. The van der Waals surface area contributed by atoms with E-state index in [4.69, 9.17) is 5.73 Å². The number of piperidine rings is 1. The number of anilines is 1. The topological polar surface area (TPSA) is 47.1 Å². The standard InChI is InChI=1S/C13H22N4/c1-16-12(6-7-15-16)17-8-2-3-11(9-14)13(17)10-4-5-10/h6-7,10-11,13H,2-5,8-9,14H2,1H3/t11-,13-/m1/s1. The van der Waals surface area contributed by atoms with E-state index in [-0.39, 0.29) is 0 Å². The Balaban J connectivity index is 1.88. The number of aromatic nitrogens is 2. The van der Waals surface area contributed by atoms with E-state index in [1.54, 1.807) is 0 Å². The van der Waals surface area contributed by atoms with Crippen molar-refractivity contribution in [3.63, 3.8) is 0 Å². The molecule has 2 aliphatic rings. The fourth-order valence-electron chi connectivity index (χ4n) is 3.35. The minimum Gasteiger partial charge on any atom is -0.353 e. The highest BCUT2D eigenvalue weighted by atomic mass is 15.4. The second-order valence-corrected chi connectivity index (χ2v) is 5.47. The molecule has 94 valence electrons. The molecule has 1 aromatic heterocycles. The van der Waals surface area contributed by atoms with Gasteiger partial charge in [0.1, 0.15) is 5.82 Å². The Bertz CT molecular complexity index is 383. The summed E-state index contributed by atoms with van der Waals surface area (Å²) in [6.45, 7) is 1.99. The molecule has 1 saturated heterocycles. The Morgan fingerprint density at radius 1 is 1.41 bits per heavy atom. The first-order valence-corrected chi connectivity index (χ1v) is 6.76. The van der Waals surface area contributed by atoms with Gasteiger partial charge in [0, 0.05) is 25.7 Å². The largest absolute Gasteiger partial charge is 0.353 e. The van der Waals surface area contributed by atoms with Crippen LogP contribution in [-0.4, -0.2) is 28.9 Å². The second-order valence-electron chi connectivity index (χ2n) is 5.47. The second kappa shape index (κ2) is 4.33. The molecule has 4 heteroatoms. The summed E-state index contributed by atoms with van der Waals surface area (Å²) in [6.07, 6.45) is 7.22. The zero-order chi connectivity index (χ0) is 11.8. The molecule has 1 aliphatic carbocycles. The maximum Gasteiger partial charge on any atom is 0.126 e. The van der Waals surface area contributed by atoms with Crippen LogP contribution in [0.4, 0.5) is 5.82 Å². The normalized spacial score (nSPS) is 29.6. The van der Waals surface area contributed by atoms with Gasteiger partial charge in [-0.2, -0.15) is 5.10 Å². The van der Waals surface area contributed by atoms with Crippen LogP contribution in [0.1, 0.15) is 25.7 Å². The molecule has 0 radical (unpaired) electrons. The van der Waals surface area contributed by atoms with Gasteiger partial charge in [0.05, 0.1) is 6.20 Å². The van der Waals surface area contributed by atoms with Gasteiger partial charge < -0.3 is 10.6 Å². The summed E-state index contributed by atoms with van der Waals surface area (Å²) in [5, 5.41) is 4.30. The number of rotatable bonds is 3. The fourth-order valence-corrected chi connectivity index (χ4v) is 3.35. The van der Waals surface area contributed by atoms with E-state index in [1.807, 2.05) is 17.9 Å². The van der Waals surface area contributed by atoms with Crippen LogP contribution in [0.2, 0.25) is 0 Å². The average Bonchev–Trinajstić information content (AvgIpc) is 3.10. The molecule has 2 heterocycles. The van der Waals surface area contributed by atoms with Crippen LogP contribution in [0.15, 0.2) is 12.3 Å². The van der Waals surface area contributed by atoms with Gasteiger partial charge in [0.2, 0.25) is 0 Å². The van der Waals surface area contributed by atoms with Crippen LogP contribution < -0.4 is 10.6 Å². The molecule has 2 N–H and O–H groups in total. The van der Waals surface area contributed by atoms with E-state index in [0.717, 1.165) is 19.0 Å². The monoisotopic (exact) mass is 234 g/mol. The molecule has 1 aliphatic heterocycles. The lowest BCUT2D eigenvalue weighted by molar-refractivity contribution is 0.298. The van der Waals surface area contributed by atoms with E-state index < -0.39 is 0 Å². The van der Waals surface area contributed by atoms with E-state index in [1.165, 1.54) is 31.5 Å². The number of nitrogens with zero attached hydrogens (tertiary/aromatic N) is 3. The van der Waals surface area contributed by atoms with Crippen LogP contribution >= 0.6 is 0 Å². The number of hydrogen-bond donors (Lipinski definition) is 1. The van der Waals surface area contributed by atoms with E-state index in [0.29, 0.717) is 12.0 Å². The molecule has 17 heavy (non-hydrogen) atoms. The molecule has 2 atom stereocenters. The molecular formula is C13H22N4. The lowest BCUT2D eigenvalue weighted by Crippen LogP contribution is -2.49. The van der Waals surface area contributed by atoms with Gasteiger partial charge in [0.15, 0.2) is 0 Å². The first-order chi connectivity index (χ1) is 8.31. The minimum absolute atomic E-state index is 0.657. The molecule has 0 amide bonds. The third kappa shape index (κ3) is 1.95. The quantitative estimate of drug-likeness (QED) is 0.859. The minimum atomic E-state index is 0.657. The van der Waals surface area contributed by atoms with Crippen molar-refractivity contribution in [2.24, 2.45) is 24.6 Å². The first-order valence-electron chi connectivity index (χ1n) is 6.76. The van der Waals surface area contributed by atoms with Crippen molar-refractivity contribution in [2.75, 3.05) is 18.0 Å². The summed E-state index contributed by atoms with van der Waals surface area (Å²) in [5.74, 6) is 2.81. The first kappa shape index (κ1) is 11.1. The van der Waals surface area contributed by atoms with Crippen molar-refractivity contribution in [3.05, 3.63) is 12.3 Å². The maximum absolute atomic E-state index is 5.96. The van der Waals surface area contributed by atoms with Gasteiger partial charge >= 0.3 is 0 Å². The van der Waals surface area contributed by atoms with Crippen molar-refractivity contribution in [1.82, 2.24) is 9.78 Å².